The lowest BCUT2D eigenvalue weighted by Gasteiger charge is -2.25. The van der Waals surface area contributed by atoms with Gasteiger partial charge in [-0.1, -0.05) is 127 Å². The predicted molar refractivity (Wildman–Crippen MR) is 189 cm³/mol. The van der Waals surface area contributed by atoms with Crippen LogP contribution in [0.4, 0.5) is 0 Å². The fourth-order valence-corrected chi connectivity index (χ4v) is 6.32. The zero-order valence-corrected chi connectivity index (χ0v) is 28.1. The van der Waals surface area contributed by atoms with Crippen molar-refractivity contribution in [2.24, 2.45) is 0 Å². The normalized spacial score (nSPS) is 14.8. The van der Waals surface area contributed by atoms with E-state index in [1.165, 1.54) is 25.0 Å². The maximum atomic E-state index is 14.4. The van der Waals surface area contributed by atoms with Crippen molar-refractivity contribution < 1.29 is 19.4 Å². The first kappa shape index (κ1) is 36.0. The second-order valence-corrected chi connectivity index (χ2v) is 12.3. The highest BCUT2D eigenvalue weighted by molar-refractivity contribution is 6.30. The van der Waals surface area contributed by atoms with Crippen molar-refractivity contribution in [2.45, 2.75) is 90.9 Å². The van der Waals surface area contributed by atoms with Crippen LogP contribution < -0.4 is 0 Å². The molecule has 254 valence electrons. The lowest BCUT2D eigenvalue weighted by molar-refractivity contribution is -0.401. The van der Waals surface area contributed by atoms with Gasteiger partial charge in [0.05, 0.1) is 32.4 Å². The van der Waals surface area contributed by atoms with Gasteiger partial charge in [-0.25, -0.2) is 0 Å². The molecule has 2 aromatic carbocycles. The highest BCUT2D eigenvalue weighted by Gasteiger charge is 2.48. The minimum atomic E-state index is -0.518. The van der Waals surface area contributed by atoms with Crippen molar-refractivity contribution in [1.29, 1.82) is 0 Å². The van der Waals surface area contributed by atoms with Crippen LogP contribution in [0.15, 0.2) is 72.1 Å². The molecule has 2 aliphatic rings. The number of nitrogens with zero attached hydrogens (tertiary/aromatic N) is 4. The van der Waals surface area contributed by atoms with Crippen LogP contribution in [-0.2, 0) is 9.59 Å². The minimum Gasteiger partial charge on any atom is -0.307 e. The van der Waals surface area contributed by atoms with Gasteiger partial charge in [-0.2, -0.15) is 0 Å². The Hall–Kier alpha value is -4.86. The zero-order valence-electron chi connectivity index (χ0n) is 28.1. The second-order valence-electron chi connectivity index (χ2n) is 12.3. The molecule has 0 fully saturated rings. The van der Waals surface area contributed by atoms with E-state index in [9.17, 15) is 29.8 Å². The third-order valence-electron chi connectivity index (χ3n) is 8.80. The van der Waals surface area contributed by atoms with E-state index in [-0.39, 0.29) is 11.8 Å². The van der Waals surface area contributed by atoms with Crippen molar-refractivity contribution in [3.63, 3.8) is 0 Å². The average molecular weight is 655 g/mol. The summed E-state index contributed by atoms with van der Waals surface area (Å²) in [6.07, 6.45) is 17.2. The summed E-state index contributed by atoms with van der Waals surface area (Å²) in [6, 6.07) is 14.3. The molecule has 0 saturated heterocycles. The Morgan fingerprint density at radius 1 is 0.542 bits per heavy atom. The molecular weight excluding hydrogens is 608 g/mol. The summed E-state index contributed by atoms with van der Waals surface area (Å²) in [4.78, 5) is 53.0. The SMILES string of the molecule is CCCCCCCCN1C(=O)C2=C(c3ccc(/C=C/[N+](=O)[O-])cc3)N(CCCCCCCC)C(=O)C2=C1c1ccc(/C=C/[N+](=O)[O-])cc1. The highest BCUT2D eigenvalue weighted by atomic mass is 16.6. The van der Waals surface area contributed by atoms with Gasteiger partial charge >= 0.3 is 0 Å². The number of carbonyl (C=O) groups is 2. The third-order valence-corrected chi connectivity index (χ3v) is 8.80. The van der Waals surface area contributed by atoms with E-state index in [1.54, 1.807) is 34.1 Å². The predicted octanol–water partition coefficient (Wildman–Crippen LogP) is 8.71. The molecule has 0 bridgehead atoms. The van der Waals surface area contributed by atoms with E-state index in [0.717, 1.165) is 76.6 Å². The maximum Gasteiger partial charge on any atom is 0.261 e. The van der Waals surface area contributed by atoms with Crippen LogP contribution in [0.25, 0.3) is 23.5 Å². The zero-order chi connectivity index (χ0) is 34.5. The van der Waals surface area contributed by atoms with Crippen molar-refractivity contribution in [3.05, 3.63) is 115 Å². The Morgan fingerprint density at radius 2 is 0.875 bits per heavy atom. The van der Waals surface area contributed by atoms with Crippen LogP contribution in [0.2, 0.25) is 0 Å². The maximum absolute atomic E-state index is 14.4. The van der Waals surface area contributed by atoms with Gasteiger partial charge in [0.25, 0.3) is 11.8 Å². The van der Waals surface area contributed by atoms with E-state index < -0.39 is 9.85 Å². The molecule has 2 aromatic rings. The van der Waals surface area contributed by atoms with Gasteiger partial charge < -0.3 is 9.80 Å². The molecule has 0 aromatic heterocycles. The number of carbonyl (C=O) groups excluding carboxylic acids is 2. The molecule has 0 spiro atoms. The molecule has 4 rings (SSSR count). The minimum absolute atomic E-state index is 0.211. The molecular formula is C38H46N4O6. The van der Waals surface area contributed by atoms with Crippen molar-refractivity contribution in [1.82, 2.24) is 9.80 Å². The molecule has 0 unspecified atom stereocenters. The summed E-state index contributed by atoms with van der Waals surface area (Å²) in [5.74, 6) is -0.422. The summed E-state index contributed by atoms with van der Waals surface area (Å²) in [5, 5.41) is 21.7. The molecule has 2 amide bonds. The van der Waals surface area contributed by atoms with Gasteiger partial charge in [-0.3, -0.25) is 29.8 Å². The quantitative estimate of drug-likeness (QED) is 0.0798. The van der Waals surface area contributed by atoms with Gasteiger partial charge in [0, 0.05) is 25.2 Å². The first-order valence-electron chi connectivity index (χ1n) is 17.2. The van der Waals surface area contributed by atoms with Crippen LogP contribution in [0.1, 0.15) is 113 Å². The standard InChI is InChI=1S/C38H46N4O6/c1-3-5-7-9-11-13-25-39-35(31-19-15-29(16-20-31)23-27-41(45)46)33-34(37(39)43)36(32-21-17-30(18-22-32)24-28-42(47)48)40(38(33)44)26-14-12-10-8-6-4-2/h15-24,27-28H,3-14,25-26H2,1-2H3/b27-23+,28-24+. The molecule has 2 heterocycles. The van der Waals surface area contributed by atoms with Crippen LogP contribution in [-0.4, -0.2) is 44.6 Å². The van der Waals surface area contributed by atoms with Gasteiger partial charge in [-0.15, -0.1) is 0 Å². The van der Waals surface area contributed by atoms with Crippen molar-refractivity contribution in [3.8, 4) is 0 Å². The highest BCUT2D eigenvalue weighted by Crippen LogP contribution is 2.46. The largest absolute Gasteiger partial charge is 0.307 e. The molecule has 2 aliphatic heterocycles. The molecule has 0 aliphatic carbocycles. The second kappa shape index (κ2) is 17.9. The first-order chi connectivity index (χ1) is 23.3. The Labute approximate surface area is 282 Å². The lowest BCUT2D eigenvalue weighted by atomic mass is 10.0. The number of amides is 2. The van der Waals surface area contributed by atoms with Crippen LogP contribution in [0.3, 0.4) is 0 Å². The summed E-state index contributed by atoms with van der Waals surface area (Å²) in [5.41, 5.74) is 4.60. The molecule has 0 N–H and O–H groups in total. The van der Waals surface area contributed by atoms with Gasteiger partial charge in [-0.05, 0) is 35.1 Å². The Bertz CT molecular complexity index is 1470. The number of nitro groups is 2. The number of unbranched alkanes of at least 4 members (excludes halogenated alkanes) is 10. The number of hydrogen-bond acceptors (Lipinski definition) is 6. The molecule has 10 heteroatoms. The average Bonchev–Trinajstić information content (AvgIpc) is 3.52. The van der Waals surface area contributed by atoms with Gasteiger partial charge in [0.1, 0.15) is 0 Å². The fourth-order valence-electron chi connectivity index (χ4n) is 6.32. The first-order valence-corrected chi connectivity index (χ1v) is 17.2. The lowest BCUT2D eigenvalue weighted by Crippen LogP contribution is -2.31. The van der Waals surface area contributed by atoms with E-state index in [4.69, 9.17) is 0 Å². The summed E-state index contributed by atoms with van der Waals surface area (Å²) in [6.45, 7) is 5.29. The summed E-state index contributed by atoms with van der Waals surface area (Å²) in [7, 11) is 0. The van der Waals surface area contributed by atoms with E-state index >= 15 is 0 Å². The van der Waals surface area contributed by atoms with Crippen LogP contribution in [0, 0.1) is 20.2 Å². The van der Waals surface area contributed by atoms with Crippen molar-refractivity contribution >= 4 is 35.4 Å². The van der Waals surface area contributed by atoms with Crippen molar-refractivity contribution in [2.75, 3.05) is 13.1 Å². The fraction of sp³-hybridized carbons (Fsp3) is 0.421. The van der Waals surface area contributed by atoms with E-state index in [2.05, 4.69) is 13.8 Å². The Balaban J connectivity index is 1.77. The number of fused-ring (bicyclic) bond motifs is 1. The Morgan fingerprint density at radius 3 is 1.21 bits per heavy atom. The number of benzene rings is 2. The topological polar surface area (TPSA) is 127 Å². The molecule has 10 nitrogen and oxygen atoms in total. The van der Waals surface area contributed by atoms with Gasteiger partial charge in [0.15, 0.2) is 0 Å². The summed E-state index contributed by atoms with van der Waals surface area (Å²) >= 11 is 0. The van der Waals surface area contributed by atoms with E-state index in [1.807, 2.05) is 24.3 Å². The molecule has 0 radical (unpaired) electrons. The number of hydrogen-bond donors (Lipinski definition) is 0. The van der Waals surface area contributed by atoms with Gasteiger partial charge in [0.2, 0.25) is 12.4 Å². The number of rotatable bonds is 20. The van der Waals surface area contributed by atoms with Crippen LogP contribution in [0.5, 0.6) is 0 Å². The smallest absolute Gasteiger partial charge is 0.261 e. The molecule has 0 atom stereocenters. The van der Waals surface area contributed by atoms with E-state index in [0.29, 0.717) is 57.9 Å². The molecule has 48 heavy (non-hydrogen) atoms. The summed E-state index contributed by atoms with van der Waals surface area (Å²) < 4.78 is 0. The Kier molecular flexibility index (Phi) is 13.4. The molecule has 0 saturated carbocycles. The van der Waals surface area contributed by atoms with Crippen LogP contribution >= 0.6 is 0 Å². The monoisotopic (exact) mass is 654 g/mol. The third kappa shape index (κ3) is 9.14.